The second-order valence-corrected chi connectivity index (χ2v) is 17.1. The number of para-hydroxylation sites is 2. The van der Waals surface area contributed by atoms with E-state index in [-0.39, 0.29) is 38.6 Å². The van der Waals surface area contributed by atoms with Gasteiger partial charge in [0.15, 0.2) is 0 Å². The number of carbonyl (C=O) groups excluding carboxylic acids is 3. The number of hydrogen-bond donors (Lipinski definition) is 1. The summed E-state index contributed by atoms with van der Waals surface area (Å²) in [6, 6.07) is 16.2. The third-order valence-electron chi connectivity index (χ3n) is 10.1. The Morgan fingerprint density at radius 1 is 0.784 bits per heavy atom. The largest absolute Gasteiger partial charge is 0.500 e. The summed E-state index contributed by atoms with van der Waals surface area (Å²) >= 11 is 0. The standard InChI is InChI=1S/C39H59NO10Si/c1-9-11-22-49-36(43)38(4,10-2)28-39(5,37(44)50-23-16-25-51(45-6,46-7)47-8)27-30(26-29(3)35(42)48-24-21-41)40-33-19-14-12-17-31(33)32-18-13-15-20-34(32)40/h12-15,17-20,29-30,41H,9-11,16,21-28H2,1-8H3. The number of aliphatic hydroxyl groups is 1. The molecule has 0 amide bonds. The first-order valence-corrected chi connectivity index (χ1v) is 20.1. The van der Waals surface area contributed by atoms with Gasteiger partial charge in [-0.2, -0.15) is 0 Å². The first-order chi connectivity index (χ1) is 24.4. The van der Waals surface area contributed by atoms with Crippen molar-refractivity contribution in [2.45, 2.75) is 91.7 Å². The van der Waals surface area contributed by atoms with Crippen molar-refractivity contribution in [2.75, 3.05) is 47.8 Å². The molecule has 2 aromatic carbocycles. The molecular weight excluding hydrogens is 671 g/mol. The minimum absolute atomic E-state index is 0.0956. The van der Waals surface area contributed by atoms with Crippen LogP contribution in [0.3, 0.4) is 0 Å². The third-order valence-corrected chi connectivity index (χ3v) is 12.9. The Morgan fingerprint density at radius 3 is 1.82 bits per heavy atom. The Bertz CT molecular complexity index is 1510. The van der Waals surface area contributed by atoms with Crippen LogP contribution in [0.5, 0.6) is 0 Å². The Morgan fingerprint density at radius 2 is 1.31 bits per heavy atom. The molecule has 0 saturated carbocycles. The van der Waals surface area contributed by atoms with E-state index in [1.165, 1.54) is 0 Å². The fourth-order valence-electron chi connectivity index (χ4n) is 7.04. The van der Waals surface area contributed by atoms with Gasteiger partial charge < -0.3 is 37.2 Å². The van der Waals surface area contributed by atoms with E-state index >= 15 is 0 Å². The highest BCUT2D eigenvalue weighted by Gasteiger charge is 2.47. The SMILES string of the molecule is CCCCOC(=O)C(C)(CC)CC(C)(CC(CC(C)C(=O)OCCO)n1c2ccccc2c2ccccc21)C(=O)OCCC[Si](OC)(OC)OC. The molecule has 0 aliphatic heterocycles. The highest BCUT2D eigenvalue weighted by Crippen LogP contribution is 2.46. The number of unbranched alkanes of at least 4 members (excludes halogenated alkanes) is 1. The topological polar surface area (TPSA) is 132 Å². The van der Waals surface area contributed by atoms with Gasteiger partial charge in [0, 0.05) is 55.2 Å². The molecule has 4 atom stereocenters. The predicted molar refractivity (Wildman–Crippen MR) is 199 cm³/mol. The van der Waals surface area contributed by atoms with Crippen molar-refractivity contribution in [3.8, 4) is 0 Å². The summed E-state index contributed by atoms with van der Waals surface area (Å²) in [7, 11) is 1.75. The molecule has 0 bridgehead atoms. The first kappa shape index (κ1) is 42.1. The van der Waals surface area contributed by atoms with E-state index in [9.17, 15) is 19.5 Å². The van der Waals surface area contributed by atoms with Gasteiger partial charge in [0.25, 0.3) is 0 Å². The van der Waals surface area contributed by atoms with Gasteiger partial charge in [-0.05, 0) is 64.5 Å². The molecule has 3 aromatic rings. The second kappa shape index (κ2) is 19.5. The quantitative estimate of drug-likeness (QED) is 0.0461. The number of esters is 3. The lowest BCUT2D eigenvalue weighted by Gasteiger charge is -2.39. The highest BCUT2D eigenvalue weighted by atomic mass is 28.4. The highest BCUT2D eigenvalue weighted by molar-refractivity contribution is 6.60. The van der Waals surface area contributed by atoms with E-state index in [1.807, 2.05) is 64.1 Å². The Balaban J connectivity index is 2.11. The van der Waals surface area contributed by atoms with Crippen LogP contribution in [0, 0.1) is 16.7 Å². The first-order valence-electron chi connectivity index (χ1n) is 18.1. The van der Waals surface area contributed by atoms with Crippen molar-refractivity contribution in [1.82, 2.24) is 4.57 Å². The monoisotopic (exact) mass is 729 g/mol. The Kier molecular flexibility index (Phi) is 16.1. The van der Waals surface area contributed by atoms with E-state index in [2.05, 4.69) is 16.7 Å². The minimum atomic E-state index is -2.88. The number of ether oxygens (including phenoxy) is 3. The molecule has 284 valence electrons. The lowest BCUT2D eigenvalue weighted by Crippen LogP contribution is -2.43. The number of carbonyl (C=O) groups is 3. The average Bonchev–Trinajstić information content (AvgIpc) is 3.48. The zero-order valence-electron chi connectivity index (χ0n) is 31.8. The van der Waals surface area contributed by atoms with Gasteiger partial charge in [-0.25, -0.2) is 0 Å². The van der Waals surface area contributed by atoms with Gasteiger partial charge in [-0.3, -0.25) is 14.4 Å². The van der Waals surface area contributed by atoms with Crippen molar-refractivity contribution in [1.29, 1.82) is 0 Å². The van der Waals surface area contributed by atoms with E-state index in [4.69, 9.17) is 27.5 Å². The van der Waals surface area contributed by atoms with Crippen molar-refractivity contribution in [3.63, 3.8) is 0 Å². The molecule has 0 fully saturated rings. The van der Waals surface area contributed by atoms with Crippen LogP contribution in [0.4, 0.5) is 0 Å². The summed E-state index contributed by atoms with van der Waals surface area (Å²) in [5, 5.41) is 11.4. The molecule has 0 aliphatic carbocycles. The molecule has 0 saturated heterocycles. The Hall–Kier alpha value is -3.29. The van der Waals surface area contributed by atoms with Gasteiger partial charge >= 0.3 is 26.7 Å². The summed E-state index contributed by atoms with van der Waals surface area (Å²) in [4.78, 5) is 41.3. The van der Waals surface area contributed by atoms with Crippen LogP contribution in [0.25, 0.3) is 21.8 Å². The summed E-state index contributed by atoms with van der Waals surface area (Å²) in [6.45, 7) is 9.53. The number of aliphatic hydroxyl groups excluding tert-OH is 1. The van der Waals surface area contributed by atoms with Gasteiger partial charge in [-0.1, -0.05) is 63.6 Å². The number of aromatic nitrogens is 1. The minimum Gasteiger partial charge on any atom is -0.465 e. The molecule has 3 rings (SSSR count). The van der Waals surface area contributed by atoms with Crippen molar-refractivity contribution >= 4 is 48.5 Å². The van der Waals surface area contributed by atoms with E-state index in [0.29, 0.717) is 31.9 Å². The summed E-state index contributed by atoms with van der Waals surface area (Å²) in [5.74, 6) is -1.78. The Labute approximate surface area is 304 Å². The molecule has 12 heteroatoms. The van der Waals surface area contributed by atoms with Crippen LogP contribution in [-0.4, -0.2) is 84.1 Å². The van der Waals surface area contributed by atoms with Crippen LogP contribution in [0.1, 0.15) is 85.6 Å². The normalized spacial score (nSPS) is 15.5. The van der Waals surface area contributed by atoms with Crippen LogP contribution >= 0.6 is 0 Å². The number of nitrogens with zero attached hydrogens (tertiary/aromatic N) is 1. The maximum Gasteiger partial charge on any atom is 0.500 e. The number of fused-ring (bicyclic) bond motifs is 3. The van der Waals surface area contributed by atoms with Crippen molar-refractivity contribution in [3.05, 3.63) is 48.5 Å². The lowest BCUT2D eigenvalue weighted by molar-refractivity contribution is -0.165. The van der Waals surface area contributed by atoms with Crippen molar-refractivity contribution < 1.29 is 47.0 Å². The van der Waals surface area contributed by atoms with Crippen LogP contribution in [0.15, 0.2) is 48.5 Å². The zero-order valence-corrected chi connectivity index (χ0v) is 32.8. The van der Waals surface area contributed by atoms with Gasteiger partial charge in [0.1, 0.15) is 6.61 Å². The fraction of sp³-hybridized carbons (Fsp3) is 0.615. The average molecular weight is 730 g/mol. The molecule has 1 N–H and O–H groups in total. The molecule has 51 heavy (non-hydrogen) atoms. The molecule has 0 radical (unpaired) electrons. The van der Waals surface area contributed by atoms with Crippen LogP contribution in [-0.2, 0) is 41.9 Å². The fourth-order valence-corrected chi connectivity index (χ4v) is 8.73. The van der Waals surface area contributed by atoms with Crippen LogP contribution in [0.2, 0.25) is 6.04 Å². The summed E-state index contributed by atoms with van der Waals surface area (Å²) in [6.07, 6.45) is 3.31. The molecular formula is C39H59NO10Si. The molecule has 11 nitrogen and oxygen atoms in total. The van der Waals surface area contributed by atoms with Gasteiger partial charge in [0.2, 0.25) is 0 Å². The summed E-state index contributed by atoms with van der Waals surface area (Å²) in [5.41, 5.74) is -0.235. The van der Waals surface area contributed by atoms with Gasteiger partial charge in [-0.15, -0.1) is 0 Å². The van der Waals surface area contributed by atoms with Gasteiger partial charge in [0.05, 0.1) is 36.6 Å². The maximum atomic E-state index is 14.5. The predicted octanol–water partition coefficient (Wildman–Crippen LogP) is 7.25. The number of benzene rings is 2. The number of rotatable bonds is 23. The van der Waals surface area contributed by atoms with E-state index < -0.39 is 43.5 Å². The third kappa shape index (κ3) is 10.4. The molecule has 4 unspecified atom stereocenters. The maximum absolute atomic E-state index is 14.5. The van der Waals surface area contributed by atoms with Crippen LogP contribution < -0.4 is 0 Å². The lowest BCUT2D eigenvalue weighted by atomic mass is 9.68. The second-order valence-electron chi connectivity index (χ2n) is 14.0. The molecule has 0 spiro atoms. The zero-order chi connectivity index (χ0) is 37.7. The van der Waals surface area contributed by atoms with E-state index in [0.717, 1.165) is 34.6 Å². The van der Waals surface area contributed by atoms with Crippen molar-refractivity contribution in [2.24, 2.45) is 16.7 Å². The smallest absolute Gasteiger partial charge is 0.465 e. The van der Waals surface area contributed by atoms with E-state index in [1.54, 1.807) is 28.3 Å². The molecule has 0 aliphatic rings. The summed E-state index contributed by atoms with van der Waals surface area (Å²) < 4.78 is 36.0. The molecule has 1 aromatic heterocycles. The molecule has 1 heterocycles. The number of hydrogen-bond acceptors (Lipinski definition) is 10.